The van der Waals surface area contributed by atoms with Gasteiger partial charge in [-0.3, -0.25) is 4.79 Å². The fraction of sp³-hybridized carbons (Fsp3) is 0.333. The van der Waals surface area contributed by atoms with Gasteiger partial charge in [-0.1, -0.05) is 15.9 Å². The van der Waals surface area contributed by atoms with E-state index < -0.39 is 17.9 Å². The Bertz CT molecular complexity index is 461. The second kappa shape index (κ2) is 6.51. The number of aliphatic hydroxyl groups excluding tert-OH is 1. The van der Waals surface area contributed by atoms with Crippen LogP contribution in [0.5, 0.6) is 0 Å². The highest BCUT2D eigenvalue weighted by atomic mass is 79.9. The van der Waals surface area contributed by atoms with Crippen LogP contribution in [0.3, 0.4) is 0 Å². The number of halogens is 1. The van der Waals surface area contributed by atoms with Gasteiger partial charge in [-0.15, -0.1) is 0 Å². The third kappa shape index (κ3) is 3.82. The van der Waals surface area contributed by atoms with Gasteiger partial charge in [0, 0.05) is 23.1 Å². The summed E-state index contributed by atoms with van der Waals surface area (Å²) in [6.45, 7) is 1.47. The highest BCUT2D eigenvalue weighted by Crippen LogP contribution is 2.16. The lowest BCUT2D eigenvalue weighted by molar-refractivity contribution is -0.139. The summed E-state index contributed by atoms with van der Waals surface area (Å²) in [4.78, 5) is 22.8. The molecule has 0 aliphatic carbocycles. The number of rotatable bonds is 5. The van der Waals surface area contributed by atoms with Crippen molar-refractivity contribution in [3.8, 4) is 0 Å². The molecule has 1 aromatic carbocycles. The number of carbonyl (C=O) groups is 2. The quantitative estimate of drug-likeness (QED) is 0.765. The van der Waals surface area contributed by atoms with Crippen LogP contribution in [0.1, 0.15) is 22.3 Å². The number of aryl methyl sites for hydroxylation is 1. The predicted molar refractivity (Wildman–Crippen MR) is 69.5 cm³/mol. The van der Waals surface area contributed by atoms with E-state index in [4.69, 9.17) is 10.2 Å². The molecule has 0 heterocycles. The van der Waals surface area contributed by atoms with Crippen molar-refractivity contribution < 1.29 is 19.8 Å². The Morgan fingerprint density at radius 2 is 2.11 bits per heavy atom. The lowest BCUT2D eigenvalue weighted by atomic mass is 10.1. The summed E-state index contributed by atoms with van der Waals surface area (Å²) in [7, 11) is 0. The van der Waals surface area contributed by atoms with E-state index in [-0.39, 0.29) is 13.0 Å². The van der Waals surface area contributed by atoms with Crippen molar-refractivity contribution in [1.29, 1.82) is 0 Å². The van der Waals surface area contributed by atoms with Crippen molar-refractivity contribution >= 4 is 27.8 Å². The second-order valence-corrected chi connectivity index (χ2v) is 4.75. The molecule has 1 rings (SSSR count). The first kappa shape index (κ1) is 14.7. The molecule has 6 heteroatoms. The molecule has 5 nitrogen and oxygen atoms in total. The summed E-state index contributed by atoms with van der Waals surface area (Å²) in [5.41, 5.74) is 1.16. The number of benzene rings is 1. The van der Waals surface area contributed by atoms with Gasteiger partial charge in [-0.25, -0.2) is 4.79 Å². The minimum Gasteiger partial charge on any atom is -0.480 e. The van der Waals surface area contributed by atoms with Crippen LogP contribution in [0, 0.1) is 6.92 Å². The van der Waals surface area contributed by atoms with Crippen molar-refractivity contribution in [2.24, 2.45) is 0 Å². The number of aliphatic hydroxyl groups is 1. The van der Waals surface area contributed by atoms with Gasteiger partial charge in [0.25, 0.3) is 5.91 Å². The number of aliphatic carboxylic acids is 1. The Morgan fingerprint density at radius 3 is 2.61 bits per heavy atom. The van der Waals surface area contributed by atoms with Gasteiger partial charge in [0.15, 0.2) is 0 Å². The van der Waals surface area contributed by atoms with Gasteiger partial charge < -0.3 is 15.5 Å². The molecule has 0 saturated heterocycles. The van der Waals surface area contributed by atoms with Crippen molar-refractivity contribution in [1.82, 2.24) is 5.32 Å². The maximum atomic E-state index is 11.9. The molecule has 1 unspecified atom stereocenters. The molecule has 0 aliphatic rings. The van der Waals surface area contributed by atoms with Crippen LogP contribution in [-0.4, -0.2) is 34.7 Å². The van der Waals surface area contributed by atoms with E-state index in [9.17, 15) is 9.59 Å². The second-order valence-electron chi connectivity index (χ2n) is 3.84. The summed E-state index contributed by atoms with van der Waals surface area (Å²) >= 11 is 3.29. The van der Waals surface area contributed by atoms with E-state index in [1.807, 2.05) is 0 Å². The van der Waals surface area contributed by atoms with Crippen molar-refractivity contribution in [3.63, 3.8) is 0 Å². The van der Waals surface area contributed by atoms with Gasteiger partial charge in [-0.05, 0) is 30.7 Å². The van der Waals surface area contributed by atoms with Gasteiger partial charge in [0.2, 0.25) is 0 Å². The first-order valence-electron chi connectivity index (χ1n) is 5.36. The average Bonchev–Trinajstić information content (AvgIpc) is 2.27. The SMILES string of the molecule is Cc1cc(Br)ccc1C(=O)NC(CCO)C(=O)O. The van der Waals surface area contributed by atoms with E-state index in [1.165, 1.54) is 0 Å². The van der Waals surface area contributed by atoms with Crippen LogP contribution < -0.4 is 5.32 Å². The Morgan fingerprint density at radius 1 is 1.44 bits per heavy atom. The molecule has 0 spiro atoms. The smallest absolute Gasteiger partial charge is 0.326 e. The van der Waals surface area contributed by atoms with Crippen LogP contribution in [-0.2, 0) is 4.79 Å². The third-order valence-electron chi connectivity index (χ3n) is 2.45. The topological polar surface area (TPSA) is 86.6 Å². The summed E-state index contributed by atoms with van der Waals surface area (Å²) in [5.74, 6) is -1.62. The van der Waals surface area contributed by atoms with E-state index >= 15 is 0 Å². The standard InChI is InChI=1S/C12H14BrNO4/c1-7-6-8(13)2-3-9(7)11(16)14-10(4-5-15)12(17)18/h2-3,6,10,15H,4-5H2,1H3,(H,14,16)(H,17,18). The van der Waals surface area contributed by atoms with Gasteiger partial charge in [0.05, 0.1) is 0 Å². The van der Waals surface area contributed by atoms with Crippen molar-refractivity contribution in [2.75, 3.05) is 6.61 Å². The highest BCUT2D eigenvalue weighted by molar-refractivity contribution is 9.10. The molecule has 18 heavy (non-hydrogen) atoms. The zero-order valence-corrected chi connectivity index (χ0v) is 11.4. The fourth-order valence-corrected chi connectivity index (χ4v) is 1.98. The Balaban J connectivity index is 2.83. The number of hydrogen-bond acceptors (Lipinski definition) is 3. The van der Waals surface area contributed by atoms with Crippen molar-refractivity contribution in [2.45, 2.75) is 19.4 Å². The Kier molecular flexibility index (Phi) is 5.30. The first-order valence-corrected chi connectivity index (χ1v) is 6.15. The normalized spacial score (nSPS) is 11.9. The first-order chi connectivity index (χ1) is 8.45. The molecule has 0 bridgehead atoms. The summed E-state index contributed by atoms with van der Waals surface area (Å²) in [5, 5.41) is 20.0. The fourth-order valence-electron chi connectivity index (χ4n) is 1.50. The minimum atomic E-state index is -1.16. The molecule has 1 amide bonds. The summed E-state index contributed by atoms with van der Waals surface area (Å²) in [6.07, 6.45) is -0.0172. The zero-order chi connectivity index (χ0) is 13.7. The van der Waals surface area contributed by atoms with Crippen LogP contribution >= 0.6 is 15.9 Å². The van der Waals surface area contributed by atoms with Gasteiger partial charge in [-0.2, -0.15) is 0 Å². The zero-order valence-electron chi connectivity index (χ0n) is 9.81. The third-order valence-corrected chi connectivity index (χ3v) is 2.95. The summed E-state index contributed by atoms with van der Waals surface area (Å²) in [6, 6.07) is 4.03. The Hall–Kier alpha value is -1.40. The van der Waals surface area contributed by atoms with Gasteiger partial charge in [0.1, 0.15) is 6.04 Å². The number of amides is 1. The Labute approximate surface area is 113 Å². The van der Waals surface area contributed by atoms with E-state index in [0.717, 1.165) is 10.0 Å². The molecule has 0 fully saturated rings. The number of carboxylic acids is 1. The molecule has 1 aromatic rings. The molecule has 0 radical (unpaired) electrons. The van der Waals surface area contributed by atoms with Gasteiger partial charge >= 0.3 is 5.97 Å². The maximum Gasteiger partial charge on any atom is 0.326 e. The monoisotopic (exact) mass is 315 g/mol. The lowest BCUT2D eigenvalue weighted by Gasteiger charge is -2.14. The number of nitrogens with one attached hydrogen (secondary N) is 1. The summed E-state index contributed by atoms with van der Waals surface area (Å²) < 4.78 is 0.849. The molecule has 0 aliphatic heterocycles. The maximum absolute atomic E-state index is 11.9. The van der Waals surface area contributed by atoms with Crippen LogP contribution in [0.4, 0.5) is 0 Å². The minimum absolute atomic E-state index is 0.0172. The number of hydrogen-bond donors (Lipinski definition) is 3. The highest BCUT2D eigenvalue weighted by Gasteiger charge is 2.20. The van der Waals surface area contributed by atoms with Crippen LogP contribution in [0.2, 0.25) is 0 Å². The van der Waals surface area contributed by atoms with Crippen LogP contribution in [0.25, 0.3) is 0 Å². The van der Waals surface area contributed by atoms with Crippen LogP contribution in [0.15, 0.2) is 22.7 Å². The van der Waals surface area contributed by atoms with E-state index in [0.29, 0.717) is 5.56 Å². The van der Waals surface area contributed by atoms with Crippen molar-refractivity contribution in [3.05, 3.63) is 33.8 Å². The molecule has 0 saturated carbocycles. The largest absolute Gasteiger partial charge is 0.480 e. The number of carboxylic acid groups (broad SMARTS) is 1. The lowest BCUT2D eigenvalue weighted by Crippen LogP contribution is -2.41. The van der Waals surface area contributed by atoms with E-state index in [2.05, 4.69) is 21.2 Å². The average molecular weight is 316 g/mol. The molecule has 1 atom stereocenters. The molecule has 98 valence electrons. The van der Waals surface area contributed by atoms with E-state index in [1.54, 1.807) is 25.1 Å². The molecular weight excluding hydrogens is 302 g/mol. The molecule has 0 aromatic heterocycles. The number of carbonyl (C=O) groups excluding carboxylic acids is 1. The molecule has 3 N–H and O–H groups in total. The predicted octanol–water partition coefficient (Wildman–Crippen LogP) is 1.32. The molecular formula is C12H14BrNO4.